The van der Waals surface area contributed by atoms with Gasteiger partial charge in [-0.2, -0.15) is 0 Å². The first-order valence-electron chi connectivity index (χ1n) is 11.4. The molecule has 0 unspecified atom stereocenters. The maximum atomic E-state index is 13.2. The number of carbonyl (C=O) groups excluding carboxylic acids is 2. The number of ether oxygens (including phenoxy) is 3. The molecule has 2 aromatic carbocycles. The largest absolute Gasteiger partial charge is 0.493 e. The lowest BCUT2D eigenvalue weighted by molar-refractivity contribution is -0.124. The van der Waals surface area contributed by atoms with Crippen LogP contribution in [-0.2, 0) is 4.79 Å². The smallest absolute Gasteiger partial charge is 0.253 e. The van der Waals surface area contributed by atoms with E-state index in [1.165, 1.54) is 0 Å². The van der Waals surface area contributed by atoms with Gasteiger partial charge in [-0.25, -0.2) is 0 Å². The second kappa shape index (κ2) is 11.5. The summed E-state index contributed by atoms with van der Waals surface area (Å²) in [6.45, 7) is 5.54. The van der Waals surface area contributed by atoms with Crippen molar-refractivity contribution in [1.82, 2.24) is 10.2 Å². The van der Waals surface area contributed by atoms with E-state index >= 15 is 0 Å². The zero-order valence-corrected chi connectivity index (χ0v) is 21.1. The Balaban J connectivity index is 1.93. The molecule has 1 heterocycles. The molecule has 1 aliphatic rings. The molecule has 7 nitrogen and oxygen atoms in total. The average molecular weight is 489 g/mol. The molecule has 8 heteroatoms. The number of halogens is 1. The second-order valence-electron chi connectivity index (χ2n) is 8.86. The molecule has 1 saturated heterocycles. The van der Waals surface area contributed by atoms with Crippen LogP contribution < -0.4 is 19.5 Å². The molecule has 1 aliphatic heterocycles. The van der Waals surface area contributed by atoms with Gasteiger partial charge in [0.2, 0.25) is 11.7 Å². The van der Waals surface area contributed by atoms with E-state index in [4.69, 9.17) is 25.8 Å². The van der Waals surface area contributed by atoms with Gasteiger partial charge in [0.1, 0.15) is 0 Å². The van der Waals surface area contributed by atoms with Gasteiger partial charge in [-0.3, -0.25) is 9.59 Å². The predicted molar refractivity (Wildman–Crippen MR) is 132 cm³/mol. The molecule has 2 aromatic rings. The molecule has 2 atom stereocenters. The standard InChI is InChI=1S/C26H33ClN2O5/c1-16(2)10-11-28-25(30)21-15-29(26(31)17-6-8-19(27)9-7-17)14-20(21)18-12-22(32-3)24(34-5)23(13-18)33-4/h6-9,12-13,16,20-21H,10-11,14-15H2,1-5H3,(H,28,30)/t20-,21-/m1/s1. The Morgan fingerprint density at radius 2 is 1.65 bits per heavy atom. The predicted octanol–water partition coefficient (Wildman–Crippen LogP) is 4.38. The SMILES string of the molecule is COc1cc([C@H]2CN(C(=O)c3ccc(Cl)cc3)C[C@H]2C(=O)NCCC(C)C)cc(OC)c1OC. The number of nitrogens with zero attached hydrogens (tertiary/aromatic N) is 1. The molecule has 0 saturated carbocycles. The van der Waals surface area contributed by atoms with Crippen molar-refractivity contribution in [2.45, 2.75) is 26.2 Å². The van der Waals surface area contributed by atoms with E-state index in [9.17, 15) is 9.59 Å². The molecule has 0 bridgehead atoms. The maximum absolute atomic E-state index is 13.2. The molecule has 0 aromatic heterocycles. The lowest BCUT2D eigenvalue weighted by atomic mass is 9.87. The molecule has 0 aliphatic carbocycles. The van der Waals surface area contributed by atoms with Gasteiger partial charge in [0.05, 0.1) is 27.2 Å². The number of likely N-dealkylation sites (tertiary alicyclic amines) is 1. The first kappa shape index (κ1) is 25.7. The second-order valence-corrected chi connectivity index (χ2v) is 9.30. The van der Waals surface area contributed by atoms with Crippen LogP contribution in [0, 0.1) is 11.8 Å². The molecule has 0 spiro atoms. The van der Waals surface area contributed by atoms with E-state index in [2.05, 4.69) is 19.2 Å². The summed E-state index contributed by atoms with van der Waals surface area (Å²) in [5.41, 5.74) is 1.39. The third kappa shape index (κ3) is 5.76. The summed E-state index contributed by atoms with van der Waals surface area (Å²) in [7, 11) is 4.66. The summed E-state index contributed by atoms with van der Waals surface area (Å²) < 4.78 is 16.5. The summed E-state index contributed by atoms with van der Waals surface area (Å²) in [6, 6.07) is 10.5. The van der Waals surface area contributed by atoms with Crippen LogP contribution in [0.15, 0.2) is 36.4 Å². The maximum Gasteiger partial charge on any atom is 0.253 e. The quantitative estimate of drug-likeness (QED) is 0.566. The van der Waals surface area contributed by atoms with E-state index in [0.717, 1.165) is 12.0 Å². The summed E-state index contributed by atoms with van der Waals surface area (Å²) in [5, 5.41) is 3.63. The van der Waals surface area contributed by atoms with E-state index in [1.54, 1.807) is 50.5 Å². The number of benzene rings is 2. The van der Waals surface area contributed by atoms with Crippen LogP contribution in [0.1, 0.15) is 42.1 Å². The van der Waals surface area contributed by atoms with Crippen LogP contribution in [0.4, 0.5) is 0 Å². The molecule has 2 amide bonds. The van der Waals surface area contributed by atoms with Crippen molar-refractivity contribution in [3.8, 4) is 17.2 Å². The highest BCUT2D eigenvalue weighted by atomic mass is 35.5. The van der Waals surface area contributed by atoms with Crippen LogP contribution >= 0.6 is 11.6 Å². The van der Waals surface area contributed by atoms with Crippen LogP contribution in [-0.4, -0.2) is 57.7 Å². The third-order valence-corrected chi connectivity index (χ3v) is 6.42. The zero-order chi connectivity index (χ0) is 24.8. The van der Waals surface area contributed by atoms with Crippen molar-refractivity contribution in [1.29, 1.82) is 0 Å². The van der Waals surface area contributed by atoms with Gasteiger partial charge in [-0.1, -0.05) is 25.4 Å². The molecular formula is C26H33ClN2O5. The minimum atomic E-state index is -0.411. The van der Waals surface area contributed by atoms with E-state index < -0.39 is 5.92 Å². The molecule has 3 rings (SSSR count). The van der Waals surface area contributed by atoms with E-state index in [0.29, 0.717) is 53.4 Å². The van der Waals surface area contributed by atoms with Crippen LogP contribution in [0.25, 0.3) is 0 Å². The first-order valence-corrected chi connectivity index (χ1v) is 11.8. The van der Waals surface area contributed by atoms with E-state index in [1.807, 2.05) is 12.1 Å². The number of hydrogen-bond donors (Lipinski definition) is 1. The number of amides is 2. The Morgan fingerprint density at radius 1 is 1.03 bits per heavy atom. The molecule has 0 radical (unpaired) electrons. The fourth-order valence-corrected chi connectivity index (χ4v) is 4.40. The fourth-order valence-electron chi connectivity index (χ4n) is 4.28. The van der Waals surface area contributed by atoms with Gasteiger partial charge in [-0.15, -0.1) is 0 Å². The average Bonchev–Trinajstić information content (AvgIpc) is 3.28. The van der Waals surface area contributed by atoms with Crippen LogP contribution in [0.3, 0.4) is 0 Å². The Morgan fingerprint density at radius 3 is 2.18 bits per heavy atom. The highest BCUT2D eigenvalue weighted by Gasteiger charge is 2.41. The molecule has 34 heavy (non-hydrogen) atoms. The summed E-state index contributed by atoms with van der Waals surface area (Å²) in [6.07, 6.45) is 0.890. The normalized spacial score (nSPS) is 17.6. The minimum absolute atomic E-state index is 0.0641. The minimum Gasteiger partial charge on any atom is -0.493 e. The topological polar surface area (TPSA) is 77.1 Å². The van der Waals surface area contributed by atoms with E-state index in [-0.39, 0.29) is 17.7 Å². The third-order valence-electron chi connectivity index (χ3n) is 6.17. The summed E-state index contributed by atoms with van der Waals surface area (Å²) in [4.78, 5) is 28.2. The highest BCUT2D eigenvalue weighted by molar-refractivity contribution is 6.30. The molecule has 184 valence electrons. The molecule has 1 N–H and O–H groups in total. The van der Waals surface area contributed by atoms with Crippen molar-refractivity contribution >= 4 is 23.4 Å². The van der Waals surface area contributed by atoms with Gasteiger partial charge in [0, 0.05) is 36.1 Å². The number of carbonyl (C=O) groups is 2. The van der Waals surface area contributed by atoms with Gasteiger partial charge in [-0.05, 0) is 54.3 Å². The first-order chi connectivity index (χ1) is 16.3. The van der Waals surface area contributed by atoms with Gasteiger partial charge >= 0.3 is 0 Å². The number of rotatable bonds is 9. The zero-order valence-electron chi connectivity index (χ0n) is 20.4. The molecule has 1 fully saturated rings. The highest BCUT2D eigenvalue weighted by Crippen LogP contribution is 2.43. The Kier molecular flexibility index (Phi) is 8.67. The summed E-state index contributed by atoms with van der Waals surface area (Å²) >= 11 is 5.98. The lowest BCUT2D eigenvalue weighted by Gasteiger charge is -2.21. The van der Waals surface area contributed by atoms with Crippen molar-refractivity contribution in [3.63, 3.8) is 0 Å². The van der Waals surface area contributed by atoms with Crippen LogP contribution in [0.2, 0.25) is 5.02 Å². The monoisotopic (exact) mass is 488 g/mol. The Bertz CT molecular complexity index is 984. The van der Waals surface area contributed by atoms with Crippen molar-refractivity contribution < 1.29 is 23.8 Å². The fraction of sp³-hybridized carbons (Fsp3) is 0.462. The van der Waals surface area contributed by atoms with Crippen LogP contribution in [0.5, 0.6) is 17.2 Å². The van der Waals surface area contributed by atoms with Crippen molar-refractivity contribution in [3.05, 3.63) is 52.5 Å². The lowest BCUT2D eigenvalue weighted by Crippen LogP contribution is -2.36. The number of methoxy groups -OCH3 is 3. The van der Waals surface area contributed by atoms with Gasteiger partial charge in [0.25, 0.3) is 5.91 Å². The van der Waals surface area contributed by atoms with Crippen molar-refractivity contribution in [2.75, 3.05) is 41.0 Å². The number of nitrogens with one attached hydrogen (secondary N) is 1. The van der Waals surface area contributed by atoms with Crippen molar-refractivity contribution in [2.24, 2.45) is 11.8 Å². The Labute approximate surface area is 206 Å². The Hall–Kier alpha value is -2.93. The number of hydrogen-bond acceptors (Lipinski definition) is 5. The van der Waals surface area contributed by atoms with Gasteiger partial charge < -0.3 is 24.4 Å². The summed E-state index contributed by atoms with van der Waals surface area (Å²) in [5.74, 6) is 1.15. The van der Waals surface area contributed by atoms with Gasteiger partial charge in [0.15, 0.2) is 11.5 Å². The molecular weight excluding hydrogens is 456 g/mol.